The second-order valence-electron chi connectivity index (χ2n) is 5.19. The number of anilines is 1. The van der Waals surface area contributed by atoms with Crippen LogP contribution in [0.3, 0.4) is 0 Å². The lowest BCUT2D eigenvalue weighted by atomic mass is 9.94. The molecule has 1 fully saturated rings. The van der Waals surface area contributed by atoms with Gasteiger partial charge < -0.3 is 10.2 Å². The standard InChI is InChI=1S/C15H22N2O/c1-12-3-5-14(6-4-12)17(2)15(18)11-13-7-9-16-10-8-13/h3-6,13,16H,7-11H2,1-2H3. The molecule has 0 radical (unpaired) electrons. The van der Waals surface area contributed by atoms with Crippen LogP contribution in [0.4, 0.5) is 5.69 Å². The highest BCUT2D eigenvalue weighted by molar-refractivity contribution is 5.92. The average molecular weight is 246 g/mol. The van der Waals surface area contributed by atoms with Crippen molar-refractivity contribution >= 4 is 11.6 Å². The quantitative estimate of drug-likeness (QED) is 0.888. The van der Waals surface area contributed by atoms with Gasteiger partial charge in [0, 0.05) is 19.2 Å². The minimum Gasteiger partial charge on any atom is -0.317 e. The summed E-state index contributed by atoms with van der Waals surface area (Å²) < 4.78 is 0. The molecule has 0 spiro atoms. The summed E-state index contributed by atoms with van der Waals surface area (Å²) in [7, 11) is 1.87. The summed E-state index contributed by atoms with van der Waals surface area (Å²) in [4.78, 5) is 14.0. The van der Waals surface area contributed by atoms with E-state index in [9.17, 15) is 4.79 Å². The number of carbonyl (C=O) groups excluding carboxylic acids is 1. The number of benzene rings is 1. The summed E-state index contributed by atoms with van der Waals surface area (Å²) in [6.45, 7) is 4.15. The monoisotopic (exact) mass is 246 g/mol. The van der Waals surface area contributed by atoms with E-state index >= 15 is 0 Å². The van der Waals surface area contributed by atoms with E-state index in [0.29, 0.717) is 12.3 Å². The molecule has 0 unspecified atom stereocenters. The van der Waals surface area contributed by atoms with Crippen molar-refractivity contribution in [3.63, 3.8) is 0 Å². The van der Waals surface area contributed by atoms with E-state index in [1.807, 2.05) is 31.3 Å². The lowest BCUT2D eigenvalue weighted by Gasteiger charge is -2.25. The molecule has 1 amide bonds. The van der Waals surface area contributed by atoms with Crippen molar-refractivity contribution in [3.05, 3.63) is 29.8 Å². The van der Waals surface area contributed by atoms with Crippen molar-refractivity contribution in [2.24, 2.45) is 5.92 Å². The summed E-state index contributed by atoms with van der Waals surface area (Å²) in [5.74, 6) is 0.775. The van der Waals surface area contributed by atoms with E-state index in [1.165, 1.54) is 5.56 Å². The third-order valence-corrected chi connectivity index (χ3v) is 3.72. The Balaban J connectivity index is 1.93. The highest BCUT2D eigenvalue weighted by Gasteiger charge is 2.19. The Morgan fingerprint density at radius 2 is 1.89 bits per heavy atom. The predicted molar refractivity (Wildman–Crippen MR) is 74.8 cm³/mol. The largest absolute Gasteiger partial charge is 0.317 e. The Labute approximate surface area is 109 Å². The molecule has 1 aliphatic rings. The fraction of sp³-hybridized carbons (Fsp3) is 0.533. The highest BCUT2D eigenvalue weighted by atomic mass is 16.2. The normalized spacial score (nSPS) is 16.6. The SMILES string of the molecule is Cc1ccc(N(C)C(=O)CC2CCNCC2)cc1. The highest BCUT2D eigenvalue weighted by Crippen LogP contribution is 2.20. The smallest absolute Gasteiger partial charge is 0.226 e. The summed E-state index contributed by atoms with van der Waals surface area (Å²) >= 11 is 0. The first-order chi connectivity index (χ1) is 8.66. The van der Waals surface area contributed by atoms with E-state index in [4.69, 9.17) is 0 Å². The van der Waals surface area contributed by atoms with Gasteiger partial charge in [0.1, 0.15) is 0 Å². The molecular formula is C15H22N2O. The number of piperidine rings is 1. The van der Waals surface area contributed by atoms with Gasteiger partial charge in [0.15, 0.2) is 0 Å². The van der Waals surface area contributed by atoms with Crippen LogP contribution < -0.4 is 10.2 Å². The number of nitrogens with one attached hydrogen (secondary N) is 1. The average Bonchev–Trinajstić information content (AvgIpc) is 2.40. The van der Waals surface area contributed by atoms with Crippen molar-refractivity contribution < 1.29 is 4.79 Å². The zero-order valence-electron chi connectivity index (χ0n) is 11.3. The van der Waals surface area contributed by atoms with E-state index in [1.54, 1.807) is 4.90 Å². The third-order valence-electron chi connectivity index (χ3n) is 3.72. The molecule has 0 bridgehead atoms. The van der Waals surface area contributed by atoms with Gasteiger partial charge >= 0.3 is 0 Å². The first kappa shape index (κ1) is 13.1. The summed E-state index contributed by atoms with van der Waals surface area (Å²) in [5, 5.41) is 3.33. The molecule has 1 aromatic carbocycles. The second-order valence-corrected chi connectivity index (χ2v) is 5.19. The van der Waals surface area contributed by atoms with Crippen LogP contribution in [-0.2, 0) is 4.79 Å². The fourth-order valence-electron chi connectivity index (χ4n) is 2.38. The maximum atomic E-state index is 12.2. The molecule has 2 rings (SSSR count). The van der Waals surface area contributed by atoms with Crippen LogP contribution in [0.1, 0.15) is 24.8 Å². The number of hydrogen-bond acceptors (Lipinski definition) is 2. The summed E-state index contributed by atoms with van der Waals surface area (Å²) in [5.41, 5.74) is 2.21. The number of nitrogens with zero attached hydrogens (tertiary/aromatic N) is 1. The van der Waals surface area contributed by atoms with Gasteiger partial charge in [-0.3, -0.25) is 4.79 Å². The van der Waals surface area contributed by atoms with Crippen LogP contribution in [0.25, 0.3) is 0 Å². The number of hydrogen-bond donors (Lipinski definition) is 1. The number of carbonyl (C=O) groups is 1. The zero-order chi connectivity index (χ0) is 13.0. The van der Waals surface area contributed by atoms with Crippen molar-refractivity contribution in [1.82, 2.24) is 5.32 Å². The van der Waals surface area contributed by atoms with Gasteiger partial charge in [-0.05, 0) is 50.9 Å². The third kappa shape index (κ3) is 3.33. The molecule has 0 atom stereocenters. The van der Waals surface area contributed by atoms with Crippen LogP contribution in [0.15, 0.2) is 24.3 Å². The van der Waals surface area contributed by atoms with E-state index < -0.39 is 0 Å². The minimum absolute atomic E-state index is 0.228. The van der Waals surface area contributed by atoms with E-state index in [0.717, 1.165) is 31.6 Å². The van der Waals surface area contributed by atoms with Crippen molar-refractivity contribution in [2.45, 2.75) is 26.2 Å². The molecule has 1 aliphatic heterocycles. The molecule has 1 N–H and O–H groups in total. The Hall–Kier alpha value is -1.35. The second kappa shape index (κ2) is 6.01. The lowest BCUT2D eigenvalue weighted by Crippen LogP contribution is -2.33. The van der Waals surface area contributed by atoms with Gasteiger partial charge in [0.05, 0.1) is 0 Å². The van der Waals surface area contributed by atoms with Gasteiger partial charge in [-0.2, -0.15) is 0 Å². The minimum atomic E-state index is 0.228. The fourth-order valence-corrected chi connectivity index (χ4v) is 2.38. The topological polar surface area (TPSA) is 32.3 Å². The molecule has 1 aromatic rings. The number of aryl methyl sites for hydroxylation is 1. The Morgan fingerprint density at radius 3 is 2.50 bits per heavy atom. The van der Waals surface area contributed by atoms with Crippen molar-refractivity contribution in [1.29, 1.82) is 0 Å². The maximum absolute atomic E-state index is 12.2. The Morgan fingerprint density at radius 1 is 1.28 bits per heavy atom. The molecular weight excluding hydrogens is 224 g/mol. The Kier molecular flexibility index (Phi) is 4.37. The molecule has 1 heterocycles. The van der Waals surface area contributed by atoms with Crippen LogP contribution in [-0.4, -0.2) is 26.0 Å². The molecule has 98 valence electrons. The molecule has 0 aromatic heterocycles. The van der Waals surface area contributed by atoms with Crippen molar-refractivity contribution in [2.75, 3.05) is 25.0 Å². The van der Waals surface area contributed by atoms with Gasteiger partial charge in [0.2, 0.25) is 5.91 Å². The van der Waals surface area contributed by atoms with E-state index in [-0.39, 0.29) is 5.91 Å². The van der Waals surface area contributed by atoms with Crippen LogP contribution in [0, 0.1) is 12.8 Å². The van der Waals surface area contributed by atoms with Crippen molar-refractivity contribution in [3.8, 4) is 0 Å². The molecule has 18 heavy (non-hydrogen) atoms. The van der Waals surface area contributed by atoms with Crippen LogP contribution >= 0.6 is 0 Å². The lowest BCUT2D eigenvalue weighted by molar-refractivity contribution is -0.119. The summed E-state index contributed by atoms with van der Waals surface area (Å²) in [6.07, 6.45) is 2.91. The maximum Gasteiger partial charge on any atom is 0.226 e. The van der Waals surface area contributed by atoms with Crippen LogP contribution in [0.2, 0.25) is 0 Å². The molecule has 0 aliphatic carbocycles. The van der Waals surface area contributed by atoms with Gasteiger partial charge in [-0.25, -0.2) is 0 Å². The molecule has 3 heteroatoms. The predicted octanol–water partition coefficient (Wildman–Crippen LogP) is 2.35. The molecule has 0 saturated carbocycles. The van der Waals surface area contributed by atoms with Gasteiger partial charge in [-0.1, -0.05) is 17.7 Å². The van der Waals surface area contributed by atoms with Gasteiger partial charge in [-0.15, -0.1) is 0 Å². The zero-order valence-corrected chi connectivity index (χ0v) is 11.3. The summed E-state index contributed by atoms with van der Waals surface area (Å²) in [6, 6.07) is 8.11. The first-order valence-corrected chi connectivity index (χ1v) is 6.71. The Bertz CT molecular complexity index is 393. The first-order valence-electron chi connectivity index (χ1n) is 6.71. The molecule has 3 nitrogen and oxygen atoms in total. The van der Waals surface area contributed by atoms with Gasteiger partial charge in [0.25, 0.3) is 0 Å². The number of rotatable bonds is 3. The van der Waals surface area contributed by atoms with E-state index in [2.05, 4.69) is 12.2 Å². The number of amides is 1. The molecule has 1 saturated heterocycles. The van der Waals surface area contributed by atoms with Crippen LogP contribution in [0.5, 0.6) is 0 Å².